The van der Waals surface area contributed by atoms with Gasteiger partial charge < -0.3 is 14.8 Å². The minimum atomic E-state index is 0.329. The van der Waals surface area contributed by atoms with Gasteiger partial charge in [0.2, 0.25) is 0 Å². The van der Waals surface area contributed by atoms with Gasteiger partial charge in [0, 0.05) is 26.1 Å². The molecule has 0 radical (unpaired) electrons. The van der Waals surface area contributed by atoms with Crippen molar-refractivity contribution in [2.45, 2.75) is 51.2 Å². The van der Waals surface area contributed by atoms with Gasteiger partial charge in [-0.1, -0.05) is 32.6 Å². The van der Waals surface area contributed by atoms with Gasteiger partial charge in [0.1, 0.15) is 0 Å². The Morgan fingerprint density at radius 2 is 2.06 bits per heavy atom. The summed E-state index contributed by atoms with van der Waals surface area (Å²) in [5, 5.41) is 3.52. The molecule has 3 heteroatoms. The summed E-state index contributed by atoms with van der Waals surface area (Å²) in [6, 6.07) is 0. The lowest BCUT2D eigenvalue weighted by Crippen LogP contribution is -2.48. The molecule has 3 unspecified atom stereocenters. The number of morpholine rings is 1. The Hall–Kier alpha value is -0.120. The first-order valence-electron chi connectivity index (χ1n) is 7.14. The maximum absolute atomic E-state index is 6.22. The van der Waals surface area contributed by atoms with E-state index in [-0.39, 0.29) is 0 Å². The summed E-state index contributed by atoms with van der Waals surface area (Å²) in [6.45, 7) is 5.02. The Morgan fingerprint density at radius 3 is 2.76 bits per heavy atom. The zero-order valence-corrected chi connectivity index (χ0v) is 11.3. The van der Waals surface area contributed by atoms with E-state index in [0.717, 1.165) is 25.6 Å². The van der Waals surface area contributed by atoms with Crippen LogP contribution in [0.1, 0.15) is 39.0 Å². The fourth-order valence-electron chi connectivity index (χ4n) is 3.19. The predicted molar refractivity (Wildman–Crippen MR) is 69.1 cm³/mol. The van der Waals surface area contributed by atoms with E-state index in [4.69, 9.17) is 9.47 Å². The van der Waals surface area contributed by atoms with Crippen molar-refractivity contribution in [3.05, 3.63) is 0 Å². The van der Waals surface area contributed by atoms with Gasteiger partial charge in [-0.05, 0) is 12.3 Å². The highest BCUT2D eigenvalue weighted by atomic mass is 16.5. The second-order valence-electron chi connectivity index (χ2n) is 5.77. The molecule has 17 heavy (non-hydrogen) atoms. The quantitative estimate of drug-likeness (QED) is 0.800. The van der Waals surface area contributed by atoms with Crippen molar-refractivity contribution in [1.29, 1.82) is 0 Å². The molecule has 2 rings (SSSR count). The number of methoxy groups -OCH3 is 1. The Labute approximate surface area is 105 Å². The molecule has 100 valence electrons. The smallest absolute Gasteiger partial charge is 0.0751 e. The van der Waals surface area contributed by atoms with Gasteiger partial charge in [0.15, 0.2) is 0 Å². The van der Waals surface area contributed by atoms with Crippen molar-refractivity contribution in [2.75, 3.05) is 26.8 Å². The first-order valence-corrected chi connectivity index (χ1v) is 7.14. The lowest BCUT2D eigenvalue weighted by molar-refractivity contribution is -0.0815. The van der Waals surface area contributed by atoms with E-state index in [1.54, 1.807) is 7.11 Å². The summed E-state index contributed by atoms with van der Waals surface area (Å²) in [5.41, 5.74) is 0. The molecular formula is C14H27NO2. The van der Waals surface area contributed by atoms with Gasteiger partial charge in [0.05, 0.1) is 18.8 Å². The molecule has 2 fully saturated rings. The molecule has 0 aromatic rings. The van der Waals surface area contributed by atoms with E-state index in [0.29, 0.717) is 18.1 Å². The largest absolute Gasteiger partial charge is 0.384 e. The van der Waals surface area contributed by atoms with Crippen molar-refractivity contribution in [1.82, 2.24) is 5.32 Å². The second-order valence-corrected chi connectivity index (χ2v) is 5.77. The highest BCUT2D eigenvalue weighted by molar-refractivity contribution is 4.81. The molecule has 1 aliphatic carbocycles. The van der Waals surface area contributed by atoms with Crippen LogP contribution in [-0.4, -0.2) is 39.0 Å². The highest BCUT2D eigenvalue weighted by Gasteiger charge is 2.28. The number of ether oxygens (including phenoxy) is 2. The minimum Gasteiger partial charge on any atom is -0.384 e. The average Bonchev–Trinajstić information content (AvgIpc) is 2.82. The molecule has 1 heterocycles. The zero-order valence-electron chi connectivity index (χ0n) is 11.3. The predicted octanol–water partition coefficient (Wildman–Crippen LogP) is 2.21. The Kier molecular flexibility index (Phi) is 5.26. The summed E-state index contributed by atoms with van der Waals surface area (Å²) in [6.07, 6.45) is 7.69. The van der Waals surface area contributed by atoms with E-state index >= 15 is 0 Å². The first-order chi connectivity index (χ1) is 8.29. The molecule has 0 spiro atoms. The summed E-state index contributed by atoms with van der Waals surface area (Å²) in [4.78, 5) is 0. The standard InChI is InChI=1S/C14H27NO2/c1-11(10-16-2)14-9-15-8-13(17-14)7-12-5-3-4-6-12/h11-15H,3-10H2,1-2H3. The molecule has 1 N–H and O–H groups in total. The third-order valence-electron chi connectivity index (χ3n) is 4.22. The average molecular weight is 241 g/mol. The molecule has 0 aromatic heterocycles. The van der Waals surface area contributed by atoms with Gasteiger partial charge >= 0.3 is 0 Å². The van der Waals surface area contributed by atoms with E-state index in [1.807, 2.05) is 0 Å². The number of hydrogen-bond acceptors (Lipinski definition) is 3. The first kappa shape index (κ1) is 13.3. The van der Waals surface area contributed by atoms with Crippen molar-refractivity contribution in [3.8, 4) is 0 Å². The monoisotopic (exact) mass is 241 g/mol. The molecule has 0 amide bonds. The summed E-state index contributed by atoms with van der Waals surface area (Å²) >= 11 is 0. The maximum atomic E-state index is 6.22. The second kappa shape index (κ2) is 6.72. The van der Waals surface area contributed by atoms with E-state index in [1.165, 1.54) is 32.1 Å². The van der Waals surface area contributed by atoms with E-state index < -0.39 is 0 Å². The molecule has 0 aromatic carbocycles. The zero-order chi connectivity index (χ0) is 12.1. The molecule has 2 aliphatic rings. The van der Waals surface area contributed by atoms with Crippen LogP contribution in [-0.2, 0) is 9.47 Å². The van der Waals surface area contributed by atoms with Crippen LogP contribution >= 0.6 is 0 Å². The molecule has 1 saturated heterocycles. The molecule has 0 bridgehead atoms. The third-order valence-corrected chi connectivity index (χ3v) is 4.22. The van der Waals surface area contributed by atoms with Gasteiger partial charge in [-0.15, -0.1) is 0 Å². The fourth-order valence-corrected chi connectivity index (χ4v) is 3.19. The van der Waals surface area contributed by atoms with Gasteiger partial charge in [-0.3, -0.25) is 0 Å². The van der Waals surface area contributed by atoms with Crippen molar-refractivity contribution in [3.63, 3.8) is 0 Å². The van der Waals surface area contributed by atoms with Crippen molar-refractivity contribution < 1.29 is 9.47 Å². The normalized spacial score (nSPS) is 32.8. The number of hydrogen-bond donors (Lipinski definition) is 1. The lowest BCUT2D eigenvalue weighted by atomic mass is 9.97. The number of nitrogens with one attached hydrogen (secondary N) is 1. The third kappa shape index (κ3) is 3.94. The van der Waals surface area contributed by atoms with Crippen molar-refractivity contribution >= 4 is 0 Å². The Morgan fingerprint density at radius 1 is 1.29 bits per heavy atom. The van der Waals surface area contributed by atoms with Crippen LogP contribution in [0.25, 0.3) is 0 Å². The van der Waals surface area contributed by atoms with Crippen LogP contribution < -0.4 is 5.32 Å². The molecular weight excluding hydrogens is 214 g/mol. The SMILES string of the molecule is COCC(C)C1CNCC(CC2CCCC2)O1. The Bertz CT molecular complexity index is 216. The lowest BCUT2D eigenvalue weighted by Gasteiger charge is -2.35. The van der Waals surface area contributed by atoms with Crippen LogP contribution in [0, 0.1) is 11.8 Å². The highest BCUT2D eigenvalue weighted by Crippen LogP contribution is 2.30. The van der Waals surface area contributed by atoms with Crippen LogP contribution in [0.4, 0.5) is 0 Å². The van der Waals surface area contributed by atoms with E-state index in [9.17, 15) is 0 Å². The Balaban J connectivity index is 1.75. The summed E-state index contributed by atoms with van der Waals surface area (Å²) in [7, 11) is 1.77. The van der Waals surface area contributed by atoms with Gasteiger partial charge in [0.25, 0.3) is 0 Å². The summed E-state index contributed by atoms with van der Waals surface area (Å²) in [5.74, 6) is 1.40. The maximum Gasteiger partial charge on any atom is 0.0751 e. The molecule has 1 aliphatic heterocycles. The van der Waals surface area contributed by atoms with Crippen LogP contribution in [0.5, 0.6) is 0 Å². The van der Waals surface area contributed by atoms with Gasteiger partial charge in [-0.25, -0.2) is 0 Å². The van der Waals surface area contributed by atoms with Crippen molar-refractivity contribution in [2.24, 2.45) is 11.8 Å². The molecule has 3 nitrogen and oxygen atoms in total. The minimum absolute atomic E-state index is 0.329. The summed E-state index contributed by atoms with van der Waals surface area (Å²) < 4.78 is 11.4. The van der Waals surface area contributed by atoms with Gasteiger partial charge in [-0.2, -0.15) is 0 Å². The van der Waals surface area contributed by atoms with Crippen LogP contribution in [0.15, 0.2) is 0 Å². The molecule has 1 saturated carbocycles. The fraction of sp³-hybridized carbons (Fsp3) is 1.00. The van der Waals surface area contributed by atoms with E-state index in [2.05, 4.69) is 12.2 Å². The van der Waals surface area contributed by atoms with Crippen LogP contribution in [0.3, 0.4) is 0 Å². The van der Waals surface area contributed by atoms with Crippen LogP contribution in [0.2, 0.25) is 0 Å². The number of rotatable bonds is 5. The molecule has 3 atom stereocenters. The topological polar surface area (TPSA) is 30.5 Å².